The molecule has 12 heteroatoms. The van der Waals surface area contributed by atoms with Gasteiger partial charge in [-0.05, 0) is 93.9 Å². The van der Waals surface area contributed by atoms with E-state index in [9.17, 15) is 4.79 Å². The SMILES string of the molecule is C=C1CN2CCCC2(COc2nc3c4c(nc(-c5cccc6cccc(C#C[Si](C(C)C)(C(C)C)C(C)C)c56)c(F)c4n2)O[C@@H](CCC)[C@@H]2[C@@H]4CC[C@H](CN32)N4C(=O)OC(C)(C)C)C1. The van der Waals surface area contributed by atoms with E-state index in [2.05, 4.69) is 94.5 Å². The van der Waals surface area contributed by atoms with Gasteiger partial charge in [-0.2, -0.15) is 9.97 Å². The number of ether oxygens (including phenoxy) is 3. The highest BCUT2D eigenvalue weighted by molar-refractivity contribution is 6.90. The highest BCUT2D eigenvalue weighted by atomic mass is 28.3. The normalized spacial score (nSPS) is 24.3. The molecule has 1 unspecified atom stereocenters. The van der Waals surface area contributed by atoms with Crippen LogP contribution in [0.15, 0.2) is 48.6 Å². The van der Waals surface area contributed by atoms with E-state index in [-0.39, 0.29) is 47.0 Å². The van der Waals surface area contributed by atoms with Gasteiger partial charge in [0.25, 0.3) is 0 Å². The molecule has 0 spiro atoms. The van der Waals surface area contributed by atoms with Crippen LogP contribution in [0.3, 0.4) is 0 Å². The Bertz CT molecular complexity index is 2540. The number of fused-ring (bicyclic) bond motifs is 7. The highest BCUT2D eigenvalue weighted by Crippen LogP contribution is 2.49. The lowest BCUT2D eigenvalue weighted by Gasteiger charge is -2.48. The second-order valence-corrected chi connectivity index (χ2v) is 26.8. The molecule has 0 radical (unpaired) electrons. The van der Waals surface area contributed by atoms with Crippen molar-refractivity contribution in [2.24, 2.45) is 0 Å². The number of aromatic nitrogens is 3. The van der Waals surface area contributed by atoms with Crippen molar-refractivity contribution in [1.82, 2.24) is 24.8 Å². The Balaban J connectivity index is 1.24. The van der Waals surface area contributed by atoms with Crippen LogP contribution in [-0.4, -0.2) is 101 Å². The molecule has 2 aromatic heterocycles. The lowest BCUT2D eigenvalue weighted by atomic mass is 9.94. The summed E-state index contributed by atoms with van der Waals surface area (Å²) in [5.41, 5.74) is 7.40. The Morgan fingerprint density at radius 3 is 2.47 bits per heavy atom. The zero-order valence-corrected chi connectivity index (χ0v) is 40.7. The van der Waals surface area contributed by atoms with E-state index in [0.717, 1.165) is 68.0 Å². The van der Waals surface area contributed by atoms with Crippen molar-refractivity contribution in [3.05, 3.63) is 59.9 Å². The van der Waals surface area contributed by atoms with E-state index < -0.39 is 25.6 Å². The number of hydrogen-bond donors (Lipinski definition) is 0. The van der Waals surface area contributed by atoms with Crippen LogP contribution in [0.4, 0.5) is 15.0 Å². The topological polar surface area (TPSA) is 93.2 Å². The van der Waals surface area contributed by atoms with Gasteiger partial charge < -0.3 is 19.1 Å². The van der Waals surface area contributed by atoms with Crippen LogP contribution >= 0.6 is 0 Å². The second-order valence-electron chi connectivity index (χ2n) is 21.2. The van der Waals surface area contributed by atoms with Crippen molar-refractivity contribution in [1.29, 1.82) is 0 Å². The van der Waals surface area contributed by atoms with Gasteiger partial charge >= 0.3 is 12.1 Å². The minimum atomic E-state index is -2.10. The zero-order valence-electron chi connectivity index (χ0n) is 39.7. The van der Waals surface area contributed by atoms with Crippen LogP contribution in [-0.2, 0) is 4.74 Å². The fourth-order valence-electron chi connectivity index (χ4n) is 12.5. The second kappa shape index (κ2) is 16.6. The van der Waals surface area contributed by atoms with Gasteiger partial charge in [0.15, 0.2) is 5.82 Å². The third-order valence-electron chi connectivity index (χ3n) is 15.2. The molecule has 4 aromatic rings. The Kier molecular flexibility index (Phi) is 11.5. The number of carbonyl (C=O) groups excluding carboxylic acids is 1. The molecular weight excluding hydrogens is 820 g/mol. The van der Waals surface area contributed by atoms with Crippen molar-refractivity contribution < 1.29 is 23.4 Å². The summed E-state index contributed by atoms with van der Waals surface area (Å²) in [5, 5.41) is 2.23. The Labute approximate surface area is 380 Å². The molecule has 5 aliphatic heterocycles. The zero-order chi connectivity index (χ0) is 45.5. The molecule has 10 nitrogen and oxygen atoms in total. The van der Waals surface area contributed by atoms with Crippen LogP contribution in [0.2, 0.25) is 16.6 Å². The number of amides is 1. The monoisotopic (exact) mass is 886 g/mol. The first-order valence-corrected chi connectivity index (χ1v) is 26.1. The van der Waals surface area contributed by atoms with E-state index >= 15 is 4.39 Å². The Hall–Kier alpha value is -4.73. The quantitative estimate of drug-likeness (QED) is 0.0925. The molecule has 7 heterocycles. The molecule has 0 aliphatic carbocycles. The van der Waals surface area contributed by atoms with Gasteiger partial charge in [0.2, 0.25) is 5.88 Å². The van der Waals surface area contributed by atoms with E-state index in [1.165, 1.54) is 5.57 Å². The van der Waals surface area contributed by atoms with Gasteiger partial charge in [-0.25, -0.2) is 14.2 Å². The van der Waals surface area contributed by atoms with Gasteiger partial charge in [0.1, 0.15) is 48.8 Å². The number of nitrogens with zero attached hydrogens (tertiary/aromatic N) is 6. The predicted octanol–water partition coefficient (Wildman–Crippen LogP) is 11.2. The van der Waals surface area contributed by atoms with Crippen molar-refractivity contribution in [3.8, 4) is 34.6 Å². The fraction of sp³-hybridized carbons (Fsp3) is 0.577. The first-order chi connectivity index (χ1) is 30.5. The molecule has 340 valence electrons. The molecule has 1 amide bonds. The summed E-state index contributed by atoms with van der Waals surface area (Å²) in [6.45, 7) is 28.8. The average Bonchev–Trinajstić information content (AvgIpc) is 3.84. The van der Waals surface area contributed by atoms with Crippen LogP contribution in [0.1, 0.15) is 120 Å². The minimum Gasteiger partial charge on any atom is -0.471 e. The summed E-state index contributed by atoms with van der Waals surface area (Å²) in [7, 11) is -2.10. The summed E-state index contributed by atoms with van der Waals surface area (Å²) in [5.74, 6) is 3.97. The van der Waals surface area contributed by atoms with Crippen molar-refractivity contribution in [3.63, 3.8) is 0 Å². The predicted molar refractivity (Wildman–Crippen MR) is 256 cm³/mol. The summed E-state index contributed by atoms with van der Waals surface area (Å²) in [6.07, 6.45) is 5.34. The Morgan fingerprint density at radius 2 is 1.77 bits per heavy atom. The third kappa shape index (κ3) is 7.42. The molecule has 2 bridgehead atoms. The van der Waals surface area contributed by atoms with Gasteiger partial charge in [0, 0.05) is 29.6 Å². The van der Waals surface area contributed by atoms with Crippen LogP contribution in [0.5, 0.6) is 11.9 Å². The fourth-order valence-corrected chi connectivity index (χ4v) is 17.7. The molecule has 4 saturated heterocycles. The summed E-state index contributed by atoms with van der Waals surface area (Å²) < 4.78 is 38.0. The van der Waals surface area contributed by atoms with Crippen LogP contribution in [0, 0.1) is 17.3 Å². The molecule has 2 aromatic carbocycles. The number of carbonyl (C=O) groups is 1. The summed E-state index contributed by atoms with van der Waals surface area (Å²) in [6, 6.07) is 11.6. The first-order valence-electron chi connectivity index (χ1n) is 23.9. The maximum atomic E-state index is 18.1. The smallest absolute Gasteiger partial charge is 0.410 e. The third-order valence-corrected chi connectivity index (χ3v) is 21.4. The summed E-state index contributed by atoms with van der Waals surface area (Å²) in [4.78, 5) is 36.0. The maximum Gasteiger partial charge on any atom is 0.410 e. The molecule has 0 saturated carbocycles. The Morgan fingerprint density at radius 1 is 1.03 bits per heavy atom. The molecule has 5 atom stereocenters. The van der Waals surface area contributed by atoms with Crippen LogP contribution < -0.4 is 14.4 Å². The number of hydrogen-bond acceptors (Lipinski definition) is 9. The number of piperazine rings is 1. The average molecular weight is 887 g/mol. The number of halogens is 1. The van der Waals surface area contributed by atoms with E-state index in [1.54, 1.807) is 0 Å². The van der Waals surface area contributed by atoms with Gasteiger partial charge in [-0.3, -0.25) is 9.80 Å². The number of pyridine rings is 1. The molecular formula is C52H67FN6O4Si. The summed E-state index contributed by atoms with van der Waals surface area (Å²) >= 11 is 0. The lowest BCUT2D eigenvalue weighted by molar-refractivity contribution is -0.000971. The van der Waals surface area contributed by atoms with E-state index in [1.807, 2.05) is 43.9 Å². The minimum absolute atomic E-state index is 0.112. The van der Waals surface area contributed by atoms with Gasteiger partial charge in [-0.15, -0.1) is 5.54 Å². The molecule has 0 N–H and O–H groups in total. The maximum absolute atomic E-state index is 18.1. The standard InChI is InChI=1S/C52H67FN6O4Si/c1-12-16-40-46-39-22-21-37(59(39)50(60)63-51(9,10)11)29-58(46)47-42-45(55-49(56-47)61-30-52-24-15-25-57(52)28-34(8)27-52)43(53)44(54-48(42)62-40)38-20-14-19-35-17-13-18-36(41(35)38)23-26-64(31(2)3,32(4)5)33(6)7/h13-14,17-20,31-33,37,39-40,46H,8,12,15-16,21-22,24-25,27-30H2,1-7,9-11H3/t37-,39+,40+,46+,52?/m1/s1. The van der Waals surface area contributed by atoms with Crippen LogP contribution in [0.25, 0.3) is 32.9 Å². The molecule has 64 heavy (non-hydrogen) atoms. The molecule has 5 aliphatic rings. The van der Waals surface area contributed by atoms with E-state index in [0.29, 0.717) is 58.8 Å². The number of benzene rings is 2. The van der Waals surface area contributed by atoms with Crippen molar-refractivity contribution in [2.75, 3.05) is 31.1 Å². The van der Waals surface area contributed by atoms with Crippen molar-refractivity contribution in [2.45, 2.75) is 166 Å². The van der Waals surface area contributed by atoms with Crippen molar-refractivity contribution >= 4 is 41.7 Å². The number of rotatable bonds is 9. The highest BCUT2D eigenvalue weighted by Gasteiger charge is 2.55. The lowest BCUT2D eigenvalue weighted by Crippen LogP contribution is -2.65. The van der Waals surface area contributed by atoms with Gasteiger partial charge in [-0.1, -0.05) is 103 Å². The largest absolute Gasteiger partial charge is 0.471 e. The van der Waals surface area contributed by atoms with E-state index in [4.69, 9.17) is 29.2 Å². The number of anilines is 1. The van der Waals surface area contributed by atoms with Gasteiger partial charge in [0.05, 0.1) is 23.7 Å². The molecule has 9 rings (SSSR count). The first kappa shape index (κ1) is 44.5. The molecule has 4 fully saturated rings.